The second kappa shape index (κ2) is 8.97. The number of nitrogens with zero attached hydrogens (tertiary/aromatic N) is 4. The van der Waals surface area contributed by atoms with Crippen LogP contribution in [0.3, 0.4) is 0 Å². The number of hydrogen-bond acceptors (Lipinski definition) is 3. The van der Waals surface area contributed by atoms with E-state index < -0.39 is 0 Å². The third kappa shape index (κ3) is 4.04. The minimum absolute atomic E-state index is 0.132. The van der Waals surface area contributed by atoms with Gasteiger partial charge in [-0.2, -0.15) is 0 Å². The van der Waals surface area contributed by atoms with Crippen LogP contribution in [0.15, 0.2) is 79.0 Å². The second-order valence-electron chi connectivity index (χ2n) is 8.32. The lowest BCUT2D eigenvalue weighted by Gasteiger charge is -2.34. The third-order valence-corrected chi connectivity index (χ3v) is 6.32. The van der Waals surface area contributed by atoms with Crippen LogP contribution in [-0.2, 0) is 13.0 Å². The van der Waals surface area contributed by atoms with Gasteiger partial charge >= 0.3 is 0 Å². The Morgan fingerprint density at radius 3 is 2.31 bits per heavy atom. The SMILES string of the molecule is CCc1ccc(C(=O)N2CCN(Cc3c(-c4ccccc4)nc4ccccn34)CC2)cc1. The van der Waals surface area contributed by atoms with Gasteiger partial charge in [0.15, 0.2) is 0 Å². The number of amides is 1. The minimum Gasteiger partial charge on any atom is -0.336 e. The molecule has 5 nitrogen and oxygen atoms in total. The molecule has 5 heteroatoms. The number of aryl methyl sites for hydroxylation is 1. The topological polar surface area (TPSA) is 40.9 Å². The van der Waals surface area contributed by atoms with Crippen LogP contribution in [-0.4, -0.2) is 51.3 Å². The lowest BCUT2D eigenvalue weighted by atomic mass is 10.1. The highest BCUT2D eigenvalue weighted by Gasteiger charge is 2.24. The summed E-state index contributed by atoms with van der Waals surface area (Å²) in [6.07, 6.45) is 3.07. The van der Waals surface area contributed by atoms with E-state index in [1.54, 1.807) is 0 Å². The molecule has 4 aromatic rings. The van der Waals surface area contributed by atoms with Gasteiger partial charge in [0.25, 0.3) is 5.91 Å². The van der Waals surface area contributed by atoms with Gasteiger partial charge in [0, 0.05) is 50.0 Å². The minimum atomic E-state index is 0.132. The molecule has 1 amide bonds. The van der Waals surface area contributed by atoms with Crippen LogP contribution in [0.2, 0.25) is 0 Å². The van der Waals surface area contributed by atoms with Crippen molar-refractivity contribution in [1.82, 2.24) is 19.2 Å². The van der Waals surface area contributed by atoms with Crippen molar-refractivity contribution in [1.29, 1.82) is 0 Å². The fraction of sp³-hybridized carbons (Fsp3) is 0.259. The van der Waals surface area contributed by atoms with E-state index in [9.17, 15) is 4.79 Å². The number of pyridine rings is 1. The van der Waals surface area contributed by atoms with Crippen molar-refractivity contribution in [3.8, 4) is 11.3 Å². The number of fused-ring (bicyclic) bond motifs is 1. The van der Waals surface area contributed by atoms with Gasteiger partial charge in [0.1, 0.15) is 5.65 Å². The van der Waals surface area contributed by atoms with Gasteiger partial charge in [0.05, 0.1) is 11.4 Å². The Balaban J connectivity index is 1.31. The van der Waals surface area contributed by atoms with E-state index in [0.29, 0.717) is 0 Å². The quantitative estimate of drug-likeness (QED) is 0.473. The number of benzene rings is 2. The molecule has 2 aromatic carbocycles. The molecule has 2 aromatic heterocycles. The summed E-state index contributed by atoms with van der Waals surface area (Å²) in [5.41, 5.74) is 6.37. The van der Waals surface area contributed by atoms with Crippen LogP contribution in [0.1, 0.15) is 28.5 Å². The van der Waals surface area contributed by atoms with E-state index in [4.69, 9.17) is 4.98 Å². The standard InChI is InChI=1S/C27H28N4O/c1-2-21-11-13-23(14-12-21)27(32)30-18-16-29(17-19-30)20-24-26(22-8-4-3-5-9-22)28-25-10-6-7-15-31(24)25/h3-15H,2,16-20H2,1H3. The third-order valence-electron chi connectivity index (χ3n) is 6.32. The first-order valence-electron chi connectivity index (χ1n) is 11.3. The zero-order chi connectivity index (χ0) is 21.9. The molecular formula is C27H28N4O. The highest BCUT2D eigenvalue weighted by Crippen LogP contribution is 2.26. The monoisotopic (exact) mass is 424 g/mol. The Morgan fingerprint density at radius 2 is 1.59 bits per heavy atom. The van der Waals surface area contributed by atoms with Crippen molar-refractivity contribution in [2.75, 3.05) is 26.2 Å². The van der Waals surface area contributed by atoms with Crippen molar-refractivity contribution < 1.29 is 4.79 Å². The number of imidazole rings is 1. The molecule has 0 spiro atoms. The Morgan fingerprint density at radius 1 is 0.875 bits per heavy atom. The Hall–Kier alpha value is -3.44. The molecule has 0 unspecified atom stereocenters. The maximum absolute atomic E-state index is 12.9. The smallest absolute Gasteiger partial charge is 0.253 e. The lowest BCUT2D eigenvalue weighted by molar-refractivity contribution is 0.0627. The molecule has 162 valence electrons. The summed E-state index contributed by atoms with van der Waals surface area (Å²) in [7, 11) is 0. The van der Waals surface area contributed by atoms with Gasteiger partial charge in [-0.05, 0) is 36.2 Å². The normalized spacial score (nSPS) is 14.7. The molecule has 1 aliphatic heterocycles. The van der Waals surface area contributed by atoms with E-state index in [1.807, 2.05) is 35.2 Å². The molecule has 0 N–H and O–H groups in total. The molecule has 1 fully saturated rings. The zero-order valence-corrected chi connectivity index (χ0v) is 18.4. The van der Waals surface area contributed by atoms with Crippen molar-refractivity contribution in [3.05, 3.63) is 95.8 Å². The van der Waals surface area contributed by atoms with Gasteiger partial charge < -0.3 is 9.30 Å². The first-order chi connectivity index (χ1) is 15.7. The van der Waals surface area contributed by atoms with Crippen molar-refractivity contribution >= 4 is 11.6 Å². The number of carbonyl (C=O) groups excluding carboxylic acids is 1. The number of aromatic nitrogens is 2. The highest BCUT2D eigenvalue weighted by atomic mass is 16.2. The number of rotatable bonds is 5. The van der Waals surface area contributed by atoms with E-state index in [0.717, 1.165) is 61.6 Å². The summed E-state index contributed by atoms with van der Waals surface area (Å²) in [5, 5.41) is 0. The van der Waals surface area contributed by atoms with Gasteiger partial charge in [0.2, 0.25) is 0 Å². The molecule has 0 bridgehead atoms. The van der Waals surface area contributed by atoms with Gasteiger partial charge in [-0.15, -0.1) is 0 Å². The Kier molecular flexibility index (Phi) is 5.73. The van der Waals surface area contributed by atoms with E-state index >= 15 is 0 Å². The number of hydrogen-bond donors (Lipinski definition) is 0. The van der Waals surface area contributed by atoms with Crippen LogP contribution in [0.4, 0.5) is 0 Å². The average molecular weight is 425 g/mol. The first-order valence-corrected chi connectivity index (χ1v) is 11.3. The van der Waals surface area contributed by atoms with Crippen LogP contribution in [0.25, 0.3) is 16.9 Å². The Bertz CT molecular complexity index is 1210. The number of carbonyl (C=O) groups is 1. The summed E-state index contributed by atoms with van der Waals surface area (Å²) < 4.78 is 2.19. The first kappa shape index (κ1) is 20.5. The summed E-state index contributed by atoms with van der Waals surface area (Å²) in [4.78, 5) is 22.2. The lowest BCUT2D eigenvalue weighted by Crippen LogP contribution is -2.48. The van der Waals surface area contributed by atoms with Gasteiger partial charge in [-0.3, -0.25) is 9.69 Å². The Labute approximate surface area is 188 Å². The van der Waals surface area contributed by atoms with Crippen LogP contribution in [0.5, 0.6) is 0 Å². The van der Waals surface area contributed by atoms with Crippen LogP contribution in [0, 0.1) is 0 Å². The summed E-state index contributed by atoms with van der Waals surface area (Å²) in [5.74, 6) is 0.132. The average Bonchev–Trinajstić information content (AvgIpc) is 3.23. The summed E-state index contributed by atoms with van der Waals surface area (Å²) >= 11 is 0. The molecule has 32 heavy (non-hydrogen) atoms. The van der Waals surface area contributed by atoms with Crippen molar-refractivity contribution in [2.45, 2.75) is 19.9 Å². The van der Waals surface area contributed by atoms with Crippen LogP contribution >= 0.6 is 0 Å². The molecular weight excluding hydrogens is 396 g/mol. The van der Waals surface area contributed by atoms with Crippen molar-refractivity contribution in [2.24, 2.45) is 0 Å². The molecule has 1 aliphatic rings. The van der Waals surface area contributed by atoms with Crippen molar-refractivity contribution in [3.63, 3.8) is 0 Å². The zero-order valence-electron chi connectivity index (χ0n) is 18.4. The molecule has 1 saturated heterocycles. The van der Waals surface area contributed by atoms with E-state index in [1.165, 1.54) is 11.3 Å². The summed E-state index contributed by atoms with van der Waals surface area (Å²) in [6, 6.07) is 24.5. The van der Waals surface area contributed by atoms with E-state index in [2.05, 4.69) is 64.9 Å². The fourth-order valence-corrected chi connectivity index (χ4v) is 4.41. The molecule has 3 heterocycles. The predicted octanol–water partition coefficient (Wildman–Crippen LogP) is 4.52. The highest BCUT2D eigenvalue weighted by molar-refractivity contribution is 5.94. The maximum atomic E-state index is 12.9. The molecule has 0 atom stereocenters. The fourth-order valence-electron chi connectivity index (χ4n) is 4.41. The van der Waals surface area contributed by atoms with Crippen LogP contribution < -0.4 is 0 Å². The van der Waals surface area contributed by atoms with Gasteiger partial charge in [-0.1, -0.05) is 55.5 Å². The predicted molar refractivity (Wildman–Crippen MR) is 128 cm³/mol. The largest absolute Gasteiger partial charge is 0.336 e. The molecule has 0 radical (unpaired) electrons. The molecule has 0 saturated carbocycles. The maximum Gasteiger partial charge on any atom is 0.253 e. The molecule has 0 aliphatic carbocycles. The van der Waals surface area contributed by atoms with Gasteiger partial charge in [-0.25, -0.2) is 4.98 Å². The van der Waals surface area contributed by atoms with E-state index in [-0.39, 0.29) is 5.91 Å². The number of piperazine rings is 1. The molecule has 5 rings (SSSR count). The summed E-state index contributed by atoms with van der Waals surface area (Å²) in [6.45, 7) is 6.13. The second-order valence-corrected chi connectivity index (χ2v) is 8.32.